The molecule has 0 radical (unpaired) electrons. The fourth-order valence-corrected chi connectivity index (χ4v) is 2.75. The van der Waals surface area contributed by atoms with Crippen molar-refractivity contribution in [3.63, 3.8) is 0 Å². The summed E-state index contributed by atoms with van der Waals surface area (Å²) < 4.78 is 36.2. The van der Waals surface area contributed by atoms with Crippen molar-refractivity contribution in [2.24, 2.45) is 0 Å². The monoisotopic (exact) mass is 284 g/mol. The minimum Gasteiger partial charge on any atom is -0.171 e. The van der Waals surface area contributed by atoms with E-state index >= 15 is 0 Å². The van der Waals surface area contributed by atoms with Crippen molar-refractivity contribution >= 4 is 22.9 Å². The lowest BCUT2D eigenvalue weighted by atomic mass is 9.95. The molecule has 0 spiro atoms. The van der Waals surface area contributed by atoms with Crippen molar-refractivity contribution in [2.45, 2.75) is 50.6 Å². The molecule has 1 aromatic heterocycles. The van der Waals surface area contributed by atoms with Gasteiger partial charge in [-0.05, 0) is 24.0 Å². The van der Waals surface area contributed by atoms with Crippen LogP contribution in [-0.4, -0.2) is 6.18 Å². The molecule has 1 rings (SSSR count). The standard InChI is InChI=1S/C12H16ClF3S/c1-11(2,3)10-5-4-9(17-10)8(13)6-7-12(14,15)16/h4-5,8H,6-7H2,1-3H3. The van der Waals surface area contributed by atoms with Crippen LogP contribution in [0, 0.1) is 0 Å². The average Bonchev–Trinajstić information content (AvgIpc) is 2.60. The molecule has 1 aromatic rings. The highest BCUT2D eigenvalue weighted by Gasteiger charge is 2.29. The summed E-state index contributed by atoms with van der Waals surface area (Å²) in [5.41, 5.74) is 0.0174. The molecule has 0 saturated carbocycles. The van der Waals surface area contributed by atoms with Crippen LogP contribution in [0.2, 0.25) is 0 Å². The van der Waals surface area contributed by atoms with E-state index in [9.17, 15) is 13.2 Å². The molecule has 0 aliphatic heterocycles. The lowest BCUT2D eigenvalue weighted by molar-refractivity contribution is -0.135. The third kappa shape index (κ3) is 4.88. The predicted molar refractivity (Wildman–Crippen MR) is 66.9 cm³/mol. The van der Waals surface area contributed by atoms with Gasteiger partial charge in [0.05, 0.1) is 5.38 Å². The molecule has 0 N–H and O–H groups in total. The van der Waals surface area contributed by atoms with Gasteiger partial charge in [-0.25, -0.2) is 0 Å². The molecular weight excluding hydrogens is 269 g/mol. The number of halogens is 4. The van der Waals surface area contributed by atoms with Crippen LogP contribution in [0.25, 0.3) is 0 Å². The molecule has 0 aliphatic carbocycles. The van der Waals surface area contributed by atoms with E-state index in [4.69, 9.17) is 11.6 Å². The van der Waals surface area contributed by atoms with Gasteiger partial charge in [0.15, 0.2) is 0 Å². The molecule has 5 heteroatoms. The Morgan fingerprint density at radius 2 is 1.82 bits per heavy atom. The second kappa shape index (κ2) is 5.19. The number of rotatable bonds is 3. The van der Waals surface area contributed by atoms with Crippen molar-refractivity contribution in [1.82, 2.24) is 0 Å². The quantitative estimate of drug-likeness (QED) is 0.628. The van der Waals surface area contributed by atoms with Gasteiger partial charge in [0, 0.05) is 16.2 Å². The van der Waals surface area contributed by atoms with Crippen molar-refractivity contribution in [2.75, 3.05) is 0 Å². The minimum absolute atomic E-state index is 0.0174. The number of thiophene rings is 1. The molecule has 1 unspecified atom stereocenters. The van der Waals surface area contributed by atoms with E-state index < -0.39 is 18.0 Å². The van der Waals surface area contributed by atoms with Gasteiger partial charge in [-0.2, -0.15) is 13.2 Å². The third-order valence-corrected chi connectivity index (χ3v) is 4.56. The maximum atomic E-state index is 12.1. The van der Waals surface area contributed by atoms with Gasteiger partial charge in [-0.1, -0.05) is 20.8 Å². The van der Waals surface area contributed by atoms with E-state index in [1.165, 1.54) is 11.3 Å². The molecular formula is C12H16ClF3S. The van der Waals surface area contributed by atoms with Crippen LogP contribution in [0.1, 0.15) is 48.7 Å². The summed E-state index contributed by atoms with van der Waals surface area (Å²) in [6, 6.07) is 3.78. The summed E-state index contributed by atoms with van der Waals surface area (Å²) in [4.78, 5) is 1.96. The molecule has 0 aliphatic rings. The largest absolute Gasteiger partial charge is 0.389 e. The lowest BCUT2D eigenvalue weighted by Crippen LogP contribution is -2.08. The van der Waals surface area contributed by atoms with E-state index in [-0.39, 0.29) is 11.8 Å². The summed E-state index contributed by atoms with van der Waals surface area (Å²) in [6.45, 7) is 6.21. The summed E-state index contributed by atoms with van der Waals surface area (Å²) >= 11 is 7.49. The number of hydrogen-bond acceptors (Lipinski definition) is 1. The van der Waals surface area contributed by atoms with Crippen LogP contribution in [0.15, 0.2) is 12.1 Å². The second-order valence-electron chi connectivity index (χ2n) is 5.07. The predicted octanol–water partition coefficient (Wildman–Crippen LogP) is 5.67. The molecule has 0 amide bonds. The smallest absolute Gasteiger partial charge is 0.171 e. The topological polar surface area (TPSA) is 0 Å². The van der Waals surface area contributed by atoms with Gasteiger partial charge >= 0.3 is 6.18 Å². The Kier molecular flexibility index (Phi) is 4.53. The fraction of sp³-hybridized carbons (Fsp3) is 0.667. The Labute approximate surface area is 109 Å². The third-order valence-electron chi connectivity index (χ3n) is 2.36. The molecule has 1 atom stereocenters. The van der Waals surface area contributed by atoms with Crippen molar-refractivity contribution in [3.05, 3.63) is 21.9 Å². The highest BCUT2D eigenvalue weighted by Crippen LogP contribution is 2.38. The summed E-state index contributed by atoms with van der Waals surface area (Å²) in [6.07, 6.45) is -5.02. The van der Waals surface area contributed by atoms with E-state index in [0.29, 0.717) is 0 Å². The van der Waals surface area contributed by atoms with Crippen molar-refractivity contribution in [1.29, 1.82) is 0 Å². The fourth-order valence-electron chi connectivity index (χ4n) is 1.36. The normalized spacial score (nSPS) is 15.0. The van der Waals surface area contributed by atoms with E-state index in [1.807, 2.05) is 12.1 Å². The minimum atomic E-state index is -4.13. The maximum Gasteiger partial charge on any atom is 0.389 e. The number of alkyl halides is 4. The van der Waals surface area contributed by atoms with Crippen LogP contribution in [0.4, 0.5) is 13.2 Å². The van der Waals surface area contributed by atoms with Gasteiger partial charge in [-0.15, -0.1) is 22.9 Å². The molecule has 0 bridgehead atoms. The van der Waals surface area contributed by atoms with Gasteiger partial charge in [-0.3, -0.25) is 0 Å². The summed E-state index contributed by atoms with van der Waals surface area (Å²) in [7, 11) is 0. The first-order chi connectivity index (χ1) is 7.59. The molecule has 1 heterocycles. The molecule has 98 valence electrons. The van der Waals surface area contributed by atoms with Crippen molar-refractivity contribution in [3.8, 4) is 0 Å². The maximum absolute atomic E-state index is 12.1. The molecule has 0 saturated heterocycles. The first kappa shape index (κ1) is 14.8. The number of hydrogen-bond donors (Lipinski definition) is 0. The van der Waals surface area contributed by atoms with E-state index in [0.717, 1.165) is 9.75 Å². The van der Waals surface area contributed by atoms with Gasteiger partial charge < -0.3 is 0 Å². The first-order valence-corrected chi connectivity index (χ1v) is 6.66. The Morgan fingerprint density at radius 1 is 1.24 bits per heavy atom. The molecule has 17 heavy (non-hydrogen) atoms. The van der Waals surface area contributed by atoms with Crippen LogP contribution >= 0.6 is 22.9 Å². The zero-order valence-electron chi connectivity index (χ0n) is 10.1. The molecule has 0 nitrogen and oxygen atoms in total. The highest BCUT2D eigenvalue weighted by molar-refractivity contribution is 7.12. The Hall–Kier alpha value is -0.220. The van der Waals surface area contributed by atoms with Crippen LogP contribution in [-0.2, 0) is 5.41 Å². The molecule has 0 fully saturated rings. The first-order valence-electron chi connectivity index (χ1n) is 5.40. The van der Waals surface area contributed by atoms with E-state index in [2.05, 4.69) is 20.8 Å². The zero-order valence-corrected chi connectivity index (χ0v) is 11.6. The molecule has 0 aromatic carbocycles. The highest BCUT2D eigenvalue weighted by atomic mass is 35.5. The van der Waals surface area contributed by atoms with Crippen LogP contribution in [0.5, 0.6) is 0 Å². The van der Waals surface area contributed by atoms with Gasteiger partial charge in [0.25, 0.3) is 0 Å². The summed E-state index contributed by atoms with van der Waals surface area (Å²) in [5, 5.41) is -0.544. The Bertz CT molecular complexity index is 363. The van der Waals surface area contributed by atoms with Gasteiger partial charge in [0.1, 0.15) is 0 Å². The van der Waals surface area contributed by atoms with Crippen LogP contribution in [0.3, 0.4) is 0 Å². The lowest BCUT2D eigenvalue weighted by Gasteiger charge is -2.15. The van der Waals surface area contributed by atoms with Gasteiger partial charge in [0.2, 0.25) is 0 Å². The Balaban J connectivity index is 2.64. The summed E-state index contributed by atoms with van der Waals surface area (Å²) in [5.74, 6) is 0. The van der Waals surface area contributed by atoms with Crippen LogP contribution < -0.4 is 0 Å². The van der Waals surface area contributed by atoms with E-state index in [1.54, 1.807) is 0 Å². The van der Waals surface area contributed by atoms with Crippen molar-refractivity contribution < 1.29 is 13.2 Å². The SMILES string of the molecule is CC(C)(C)c1ccc(C(Cl)CCC(F)(F)F)s1. The average molecular weight is 285 g/mol. The zero-order chi connectivity index (χ0) is 13.3. The Morgan fingerprint density at radius 3 is 2.24 bits per heavy atom. The second-order valence-corrected chi connectivity index (χ2v) is 6.72.